The molecule has 1 heterocycles. The second-order valence-corrected chi connectivity index (χ2v) is 6.98. The van der Waals surface area contributed by atoms with Crippen LogP contribution in [-0.4, -0.2) is 28.1 Å². The van der Waals surface area contributed by atoms with Gasteiger partial charge in [-0.25, -0.2) is 9.37 Å². The summed E-state index contributed by atoms with van der Waals surface area (Å²) < 4.78 is 13.2. The van der Waals surface area contributed by atoms with Gasteiger partial charge >= 0.3 is 0 Å². The van der Waals surface area contributed by atoms with Gasteiger partial charge in [-0.15, -0.1) is 11.3 Å². The number of hydrogen-bond acceptors (Lipinski definition) is 4. The molecule has 1 aromatic heterocycles. The van der Waals surface area contributed by atoms with Crippen LogP contribution in [0.5, 0.6) is 0 Å². The maximum absolute atomic E-state index is 13.2. The Bertz CT molecular complexity index is 695. The fourth-order valence-corrected chi connectivity index (χ4v) is 3.81. The molecular formula is C17H19FN2O2S. The zero-order chi connectivity index (χ0) is 16.3. The molecule has 0 aliphatic heterocycles. The molecule has 3 rings (SSSR count). The minimum Gasteiger partial charge on any atom is -0.394 e. The lowest BCUT2D eigenvalue weighted by atomic mass is 9.99. The Morgan fingerprint density at radius 1 is 1.39 bits per heavy atom. The number of carbonyl (C=O) groups excluding carboxylic acids is 1. The van der Waals surface area contributed by atoms with Crippen LogP contribution in [0.3, 0.4) is 0 Å². The van der Waals surface area contributed by atoms with Crippen LogP contribution in [0, 0.1) is 5.82 Å². The van der Waals surface area contributed by atoms with Crippen LogP contribution in [0.2, 0.25) is 0 Å². The van der Waals surface area contributed by atoms with Crippen molar-refractivity contribution in [3.8, 4) is 0 Å². The standard InChI is InChI=1S/C17H19FN2O2S/c18-13-5-3-4-12(8-13)9-15-19-14(10-23-15)16(22)20-17(11-21)6-1-2-7-17/h3-5,8,10,21H,1-2,6-7,9,11H2,(H,20,22). The first-order valence-corrected chi connectivity index (χ1v) is 8.60. The van der Waals surface area contributed by atoms with Gasteiger partial charge in [0.15, 0.2) is 0 Å². The van der Waals surface area contributed by atoms with Crippen LogP contribution in [0.25, 0.3) is 0 Å². The van der Waals surface area contributed by atoms with Crippen LogP contribution < -0.4 is 5.32 Å². The van der Waals surface area contributed by atoms with E-state index >= 15 is 0 Å². The Balaban J connectivity index is 1.67. The lowest BCUT2D eigenvalue weighted by Crippen LogP contribution is -2.49. The van der Waals surface area contributed by atoms with Crippen LogP contribution in [-0.2, 0) is 6.42 Å². The van der Waals surface area contributed by atoms with Gasteiger partial charge < -0.3 is 10.4 Å². The van der Waals surface area contributed by atoms with Gasteiger partial charge in [-0.1, -0.05) is 25.0 Å². The first kappa shape index (κ1) is 16.1. The van der Waals surface area contributed by atoms with Crippen molar-refractivity contribution in [2.24, 2.45) is 0 Å². The first-order valence-electron chi connectivity index (χ1n) is 7.72. The molecule has 2 N–H and O–H groups in total. The Morgan fingerprint density at radius 2 is 2.17 bits per heavy atom. The van der Waals surface area contributed by atoms with Crippen LogP contribution in [0.4, 0.5) is 4.39 Å². The van der Waals surface area contributed by atoms with Crippen LogP contribution in [0.15, 0.2) is 29.6 Å². The molecular weight excluding hydrogens is 315 g/mol. The number of amides is 1. The molecule has 4 nitrogen and oxygen atoms in total. The summed E-state index contributed by atoms with van der Waals surface area (Å²) in [6, 6.07) is 6.38. The Morgan fingerprint density at radius 3 is 2.87 bits per heavy atom. The predicted molar refractivity (Wildman–Crippen MR) is 87.1 cm³/mol. The van der Waals surface area contributed by atoms with E-state index in [9.17, 15) is 14.3 Å². The summed E-state index contributed by atoms with van der Waals surface area (Å²) in [4.78, 5) is 16.7. The lowest BCUT2D eigenvalue weighted by molar-refractivity contribution is 0.0834. The number of rotatable bonds is 5. The lowest BCUT2D eigenvalue weighted by Gasteiger charge is -2.27. The van der Waals surface area contributed by atoms with Gasteiger partial charge in [-0.05, 0) is 30.5 Å². The zero-order valence-corrected chi connectivity index (χ0v) is 13.5. The highest BCUT2D eigenvalue weighted by atomic mass is 32.1. The average molecular weight is 334 g/mol. The smallest absolute Gasteiger partial charge is 0.271 e. The molecule has 0 atom stereocenters. The summed E-state index contributed by atoms with van der Waals surface area (Å²) in [6.07, 6.45) is 4.14. The fourth-order valence-electron chi connectivity index (χ4n) is 3.00. The molecule has 6 heteroatoms. The van der Waals surface area contributed by atoms with Gasteiger partial charge in [-0.3, -0.25) is 4.79 Å². The van der Waals surface area contributed by atoms with Crippen molar-refractivity contribution in [3.63, 3.8) is 0 Å². The molecule has 0 unspecified atom stereocenters. The van der Waals surface area contributed by atoms with Crippen LogP contribution in [0.1, 0.15) is 46.7 Å². The molecule has 1 saturated carbocycles. The molecule has 1 aliphatic carbocycles. The molecule has 1 amide bonds. The summed E-state index contributed by atoms with van der Waals surface area (Å²) in [7, 11) is 0. The van der Waals surface area contributed by atoms with Crippen molar-refractivity contribution in [2.75, 3.05) is 6.61 Å². The van der Waals surface area contributed by atoms with Gasteiger partial charge in [0.2, 0.25) is 0 Å². The van der Waals surface area contributed by atoms with E-state index in [1.807, 2.05) is 6.07 Å². The highest BCUT2D eigenvalue weighted by Crippen LogP contribution is 2.29. The molecule has 23 heavy (non-hydrogen) atoms. The summed E-state index contributed by atoms with van der Waals surface area (Å²) >= 11 is 1.39. The number of aromatic nitrogens is 1. The van der Waals surface area contributed by atoms with E-state index in [2.05, 4.69) is 10.3 Å². The molecule has 0 radical (unpaired) electrons. The maximum Gasteiger partial charge on any atom is 0.271 e. The molecule has 2 aromatic rings. The van der Waals surface area contributed by atoms with E-state index in [4.69, 9.17) is 0 Å². The quantitative estimate of drug-likeness (QED) is 0.884. The van der Waals surface area contributed by atoms with Crippen molar-refractivity contribution in [1.82, 2.24) is 10.3 Å². The van der Waals surface area contributed by atoms with Crippen molar-refractivity contribution < 1.29 is 14.3 Å². The van der Waals surface area contributed by atoms with Crippen molar-refractivity contribution in [3.05, 3.63) is 51.7 Å². The monoisotopic (exact) mass is 334 g/mol. The summed E-state index contributed by atoms with van der Waals surface area (Å²) in [5.41, 5.74) is 0.693. The number of aliphatic hydroxyl groups excluding tert-OH is 1. The third-order valence-corrected chi connectivity index (χ3v) is 5.12. The highest BCUT2D eigenvalue weighted by molar-refractivity contribution is 7.09. The van der Waals surface area contributed by atoms with Crippen LogP contribution >= 0.6 is 11.3 Å². The number of halogens is 1. The third kappa shape index (κ3) is 3.76. The highest BCUT2D eigenvalue weighted by Gasteiger charge is 2.35. The van der Waals surface area contributed by atoms with Gasteiger partial charge in [0.25, 0.3) is 5.91 Å². The van der Waals surface area contributed by atoms with E-state index in [1.54, 1.807) is 11.4 Å². The van der Waals surface area contributed by atoms with E-state index in [0.29, 0.717) is 12.1 Å². The largest absolute Gasteiger partial charge is 0.394 e. The topological polar surface area (TPSA) is 62.2 Å². The minimum atomic E-state index is -0.497. The third-order valence-electron chi connectivity index (χ3n) is 4.27. The summed E-state index contributed by atoms with van der Waals surface area (Å²) in [5.74, 6) is -0.522. The Hall–Kier alpha value is -1.79. The number of benzene rings is 1. The summed E-state index contributed by atoms with van der Waals surface area (Å²) in [5, 5.41) is 15.0. The molecule has 1 aromatic carbocycles. The van der Waals surface area contributed by atoms with Gasteiger partial charge in [0.05, 0.1) is 17.2 Å². The average Bonchev–Trinajstić information content (AvgIpc) is 3.17. The fraction of sp³-hybridized carbons (Fsp3) is 0.412. The number of nitrogens with one attached hydrogen (secondary N) is 1. The number of carbonyl (C=O) groups is 1. The first-order chi connectivity index (χ1) is 11.1. The second-order valence-electron chi connectivity index (χ2n) is 6.03. The number of nitrogens with zero attached hydrogens (tertiary/aromatic N) is 1. The van der Waals surface area contributed by atoms with E-state index < -0.39 is 5.54 Å². The van der Waals surface area contributed by atoms with Crippen molar-refractivity contribution in [1.29, 1.82) is 0 Å². The molecule has 1 aliphatic rings. The molecule has 0 saturated heterocycles. The van der Waals surface area contributed by atoms with Crippen molar-refractivity contribution in [2.45, 2.75) is 37.6 Å². The SMILES string of the molecule is O=C(NC1(CO)CCCC1)c1csc(Cc2cccc(F)c2)n1. The van der Waals surface area contributed by atoms with Gasteiger partial charge in [0.1, 0.15) is 11.5 Å². The number of aliphatic hydroxyl groups is 1. The molecule has 1 fully saturated rings. The minimum absolute atomic E-state index is 0.0426. The summed E-state index contributed by atoms with van der Waals surface area (Å²) in [6.45, 7) is -0.0426. The Labute approximate surface area is 138 Å². The normalized spacial score (nSPS) is 16.4. The second kappa shape index (κ2) is 6.76. The molecule has 0 spiro atoms. The predicted octanol–water partition coefficient (Wildman–Crippen LogP) is 2.91. The molecule has 0 bridgehead atoms. The van der Waals surface area contributed by atoms with Gasteiger partial charge in [-0.2, -0.15) is 0 Å². The molecule has 122 valence electrons. The van der Waals surface area contributed by atoms with Gasteiger partial charge in [0, 0.05) is 11.8 Å². The zero-order valence-electron chi connectivity index (χ0n) is 12.7. The number of thiazole rings is 1. The van der Waals surface area contributed by atoms with E-state index in [0.717, 1.165) is 36.3 Å². The van der Waals surface area contributed by atoms with E-state index in [-0.39, 0.29) is 18.3 Å². The Kier molecular flexibility index (Phi) is 4.73. The number of hydrogen-bond donors (Lipinski definition) is 2. The maximum atomic E-state index is 13.2. The van der Waals surface area contributed by atoms with Crippen molar-refractivity contribution >= 4 is 17.2 Å². The van der Waals surface area contributed by atoms with E-state index in [1.165, 1.54) is 23.5 Å².